The van der Waals surface area contributed by atoms with Gasteiger partial charge in [-0.1, -0.05) is 19.1 Å². The Morgan fingerprint density at radius 3 is 2.69 bits per heavy atom. The van der Waals surface area contributed by atoms with Gasteiger partial charge in [-0.3, -0.25) is 9.59 Å². The molecule has 0 radical (unpaired) electrons. The number of fused-ring (bicyclic) bond motifs is 3. The van der Waals surface area contributed by atoms with Gasteiger partial charge in [0.2, 0.25) is 0 Å². The Bertz CT molecular complexity index is 745. The highest BCUT2D eigenvalue weighted by Crippen LogP contribution is 2.48. The van der Waals surface area contributed by atoms with Crippen LogP contribution in [0, 0.1) is 17.8 Å². The molecule has 1 aliphatic heterocycles. The molecule has 3 aliphatic rings. The first-order chi connectivity index (χ1) is 12.3. The van der Waals surface area contributed by atoms with Gasteiger partial charge in [-0.2, -0.15) is 0 Å². The van der Waals surface area contributed by atoms with Crippen molar-refractivity contribution in [1.82, 2.24) is 0 Å². The maximum Gasteiger partial charge on any atom is 0.336 e. The highest BCUT2D eigenvalue weighted by atomic mass is 16.6. The first-order valence-corrected chi connectivity index (χ1v) is 8.55. The van der Waals surface area contributed by atoms with E-state index in [-0.39, 0.29) is 24.4 Å². The van der Waals surface area contributed by atoms with Gasteiger partial charge in [0.25, 0.3) is 0 Å². The molecule has 1 saturated heterocycles. The third-order valence-electron chi connectivity index (χ3n) is 5.52. The number of allylic oxidation sites excluding steroid dienone is 1. The lowest BCUT2D eigenvalue weighted by atomic mass is 9.79. The molecule has 140 valence electrons. The number of ketones is 1. The number of carbonyl (C=O) groups is 3. The van der Waals surface area contributed by atoms with Crippen LogP contribution in [0.3, 0.4) is 0 Å². The summed E-state index contributed by atoms with van der Waals surface area (Å²) in [6.45, 7) is 6.06. The maximum absolute atomic E-state index is 12.4. The lowest BCUT2D eigenvalue weighted by Crippen LogP contribution is -2.38. The molecule has 0 aromatic carbocycles. The van der Waals surface area contributed by atoms with E-state index in [1.54, 1.807) is 13.8 Å². The molecule has 0 spiro atoms. The summed E-state index contributed by atoms with van der Waals surface area (Å²) < 4.78 is 11.1. The zero-order chi connectivity index (χ0) is 19.2. The Balaban J connectivity index is 2.04. The Morgan fingerprint density at radius 2 is 2.08 bits per heavy atom. The number of hydrogen-bond acceptors (Lipinski definition) is 7. The molecule has 0 amide bonds. The van der Waals surface area contributed by atoms with Crippen LogP contribution in [-0.4, -0.2) is 53.4 Å². The SMILES string of the molecule is C=C(CO)C(=O)OC1CC(CO)=C2C(=O)C=C(C)C2C2OC(=O)C(C)C12. The Kier molecular flexibility index (Phi) is 4.86. The lowest BCUT2D eigenvalue weighted by Gasteiger charge is -2.29. The van der Waals surface area contributed by atoms with Crippen LogP contribution in [-0.2, 0) is 23.9 Å². The smallest absolute Gasteiger partial charge is 0.336 e. The first kappa shape index (κ1) is 18.5. The topological polar surface area (TPSA) is 110 Å². The summed E-state index contributed by atoms with van der Waals surface area (Å²) in [6, 6.07) is 0. The normalized spacial score (nSPS) is 33.2. The number of esters is 2. The van der Waals surface area contributed by atoms with Crippen molar-refractivity contribution >= 4 is 17.7 Å². The van der Waals surface area contributed by atoms with Gasteiger partial charge in [-0.05, 0) is 18.6 Å². The number of aliphatic hydroxyl groups excluding tert-OH is 2. The highest BCUT2D eigenvalue weighted by Gasteiger charge is 2.55. The van der Waals surface area contributed by atoms with Gasteiger partial charge in [-0.15, -0.1) is 0 Å². The van der Waals surface area contributed by atoms with Gasteiger partial charge in [0.1, 0.15) is 12.2 Å². The van der Waals surface area contributed by atoms with Crippen LogP contribution in [0.15, 0.2) is 34.9 Å². The van der Waals surface area contributed by atoms with E-state index < -0.39 is 48.5 Å². The van der Waals surface area contributed by atoms with Gasteiger partial charge in [-0.25, -0.2) is 4.79 Å². The van der Waals surface area contributed by atoms with Crippen molar-refractivity contribution in [2.24, 2.45) is 17.8 Å². The summed E-state index contributed by atoms with van der Waals surface area (Å²) >= 11 is 0. The third kappa shape index (κ3) is 2.81. The molecule has 7 nitrogen and oxygen atoms in total. The largest absolute Gasteiger partial charge is 0.461 e. The second kappa shape index (κ2) is 6.81. The maximum atomic E-state index is 12.4. The fourth-order valence-electron chi connectivity index (χ4n) is 4.20. The zero-order valence-electron chi connectivity index (χ0n) is 14.7. The van der Waals surface area contributed by atoms with E-state index >= 15 is 0 Å². The van der Waals surface area contributed by atoms with Crippen LogP contribution in [0.25, 0.3) is 0 Å². The lowest BCUT2D eigenvalue weighted by molar-refractivity contribution is -0.149. The van der Waals surface area contributed by atoms with Crippen LogP contribution >= 0.6 is 0 Å². The van der Waals surface area contributed by atoms with Crippen LogP contribution < -0.4 is 0 Å². The predicted octanol–water partition coefficient (Wildman–Crippen LogP) is 0.462. The van der Waals surface area contributed by atoms with Gasteiger partial charge >= 0.3 is 11.9 Å². The molecule has 5 unspecified atom stereocenters. The molecule has 26 heavy (non-hydrogen) atoms. The van der Waals surface area contributed by atoms with Crippen molar-refractivity contribution in [3.05, 3.63) is 34.9 Å². The number of ether oxygens (including phenoxy) is 2. The van der Waals surface area contributed by atoms with E-state index in [1.165, 1.54) is 6.08 Å². The second-order valence-electron chi connectivity index (χ2n) is 7.08. The minimum absolute atomic E-state index is 0.103. The van der Waals surface area contributed by atoms with Crippen molar-refractivity contribution in [2.75, 3.05) is 13.2 Å². The number of rotatable bonds is 4. The monoisotopic (exact) mass is 362 g/mol. The standard InChI is InChI=1S/C19H22O7/c1-8-4-12(22)16-11(7-21)5-13(25-18(23)9(2)6-20)15-10(3)19(24)26-17(15)14(8)16/h4,10,13-15,17,20-21H,2,5-7H2,1,3H3. The third-order valence-corrected chi connectivity index (χ3v) is 5.52. The molecule has 7 heteroatoms. The predicted molar refractivity (Wildman–Crippen MR) is 89.6 cm³/mol. The molecule has 0 aromatic heterocycles. The Labute approximate surface area is 151 Å². The van der Waals surface area contributed by atoms with E-state index in [0.29, 0.717) is 11.1 Å². The fourth-order valence-corrected chi connectivity index (χ4v) is 4.20. The molecule has 0 saturated carbocycles. The van der Waals surface area contributed by atoms with Crippen molar-refractivity contribution in [3.8, 4) is 0 Å². The number of aliphatic hydroxyl groups is 2. The van der Waals surface area contributed by atoms with E-state index in [0.717, 1.165) is 5.57 Å². The summed E-state index contributed by atoms with van der Waals surface area (Å²) in [4.78, 5) is 36.8. The number of hydrogen-bond donors (Lipinski definition) is 2. The Morgan fingerprint density at radius 1 is 1.38 bits per heavy atom. The van der Waals surface area contributed by atoms with Gasteiger partial charge in [0.05, 0.1) is 24.7 Å². The molecule has 3 rings (SSSR count). The van der Waals surface area contributed by atoms with Crippen molar-refractivity contribution in [2.45, 2.75) is 32.5 Å². The van der Waals surface area contributed by atoms with E-state index in [1.807, 2.05) is 0 Å². The van der Waals surface area contributed by atoms with Crippen LogP contribution in [0.5, 0.6) is 0 Å². The van der Waals surface area contributed by atoms with E-state index in [4.69, 9.17) is 14.6 Å². The first-order valence-electron chi connectivity index (χ1n) is 8.55. The molecule has 2 aliphatic carbocycles. The van der Waals surface area contributed by atoms with Crippen molar-refractivity contribution in [1.29, 1.82) is 0 Å². The van der Waals surface area contributed by atoms with Crippen LogP contribution in [0.2, 0.25) is 0 Å². The summed E-state index contributed by atoms with van der Waals surface area (Å²) in [5, 5.41) is 18.9. The van der Waals surface area contributed by atoms with Crippen molar-refractivity contribution in [3.63, 3.8) is 0 Å². The minimum Gasteiger partial charge on any atom is -0.461 e. The molecular formula is C19H22O7. The van der Waals surface area contributed by atoms with E-state index in [2.05, 4.69) is 6.58 Å². The second-order valence-corrected chi connectivity index (χ2v) is 7.08. The molecule has 0 aromatic rings. The van der Waals surface area contributed by atoms with Gasteiger partial charge in [0, 0.05) is 23.8 Å². The quantitative estimate of drug-likeness (QED) is 0.552. The molecule has 2 N–H and O–H groups in total. The van der Waals surface area contributed by atoms with Crippen LogP contribution in [0.1, 0.15) is 20.3 Å². The summed E-state index contributed by atoms with van der Waals surface area (Å²) in [5.74, 6) is -2.80. The summed E-state index contributed by atoms with van der Waals surface area (Å²) in [6.07, 6.45) is 0.225. The number of carbonyl (C=O) groups excluding carboxylic acids is 3. The van der Waals surface area contributed by atoms with Gasteiger partial charge < -0.3 is 19.7 Å². The highest BCUT2D eigenvalue weighted by molar-refractivity contribution is 6.09. The average Bonchev–Trinajstić information content (AvgIpc) is 3.00. The fraction of sp³-hybridized carbons (Fsp3) is 0.526. The summed E-state index contributed by atoms with van der Waals surface area (Å²) in [7, 11) is 0. The average molecular weight is 362 g/mol. The summed E-state index contributed by atoms with van der Waals surface area (Å²) in [5.41, 5.74) is 1.58. The molecular weight excluding hydrogens is 340 g/mol. The van der Waals surface area contributed by atoms with Crippen LogP contribution in [0.4, 0.5) is 0 Å². The molecule has 1 heterocycles. The molecule has 1 fully saturated rings. The Hall–Kier alpha value is -2.25. The molecule has 0 bridgehead atoms. The van der Waals surface area contributed by atoms with Crippen molar-refractivity contribution < 1.29 is 34.1 Å². The van der Waals surface area contributed by atoms with E-state index in [9.17, 15) is 19.5 Å². The molecule has 5 atom stereocenters. The zero-order valence-corrected chi connectivity index (χ0v) is 14.7. The minimum atomic E-state index is -0.768. The van der Waals surface area contributed by atoms with Gasteiger partial charge in [0.15, 0.2) is 5.78 Å².